The van der Waals surface area contributed by atoms with E-state index in [9.17, 15) is 4.79 Å². The Morgan fingerprint density at radius 2 is 1.74 bits per heavy atom. The zero-order valence-corrected chi connectivity index (χ0v) is 21.8. The number of halogens is 3. The van der Waals surface area contributed by atoms with Crippen molar-refractivity contribution in [1.82, 2.24) is 10.3 Å². The first kappa shape index (κ1) is 25.3. The van der Waals surface area contributed by atoms with Crippen molar-refractivity contribution < 1.29 is 13.9 Å². The third-order valence-corrected chi connectivity index (χ3v) is 6.35. The van der Waals surface area contributed by atoms with Gasteiger partial charge >= 0.3 is 0 Å². The number of hydrogen-bond donors (Lipinski definition) is 2. The normalized spacial score (nSPS) is 10.9. The van der Waals surface area contributed by atoms with Crippen LogP contribution in [0.1, 0.15) is 22.6 Å². The van der Waals surface area contributed by atoms with Gasteiger partial charge in [0.1, 0.15) is 11.3 Å². The average molecular weight is 549 g/mol. The number of anilines is 1. The highest BCUT2D eigenvalue weighted by Gasteiger charge is 2.12. The highest BCUT2D eigenvalue weighted by molar-refractivity contribution is 7.80. The van der Waals surface area contributed by atoms with Crippen LogP contribution >= 0.6 is 47.0 Å². The molecule has 0 fully saturated rings. The lowest BCUT2D eigenvalue weighted by Gasteiger charge is -2.12. The number of oxazole rings is 1. The number of carbonyl (C=O) groups excluding carboxylic acids is 1. The van der Waals surface area contributed by atoms with Gasteiger partial charge < -0.3 is 14.5 Å². The van der Waals surface area contributed by atoms with Gasteiger partial charge in [-0.2, -0.15) is 0 Å². The molecule has 0 saturated heterocycles. The molecule has 4 aromatic rings. The summed E-state index contributed by atoms with van der Waals surface area (Å²) in [6.45, 7) is 3.58. The van der Waals surface area contributed by atoms with Gasteiger partial charge in [-0.25, -0.2) is 4.98 Å². The molecule has 0 aliphatic carbocycles. The summed E-state index contributed by atoms with van der Waals surface area (Å²) in [6, 6.07) is 14.4. The molecule has 1 aromatic heterocycles. The number of rotatable bonds is 6. The van der Waals surface area contributed by atoms with Gasteiger partial charge in [-0.15, -0.1) is 0 Å². The number of aromatic nitrogens is 1. The van der Waals surface area contributed by atoms with E-state index in [1.54, 1.807) is 24.3 Å². The standard InChI is InChI=1S/C25H20Cl3N3O3S/c1-13-7-18(8-14(2)23(13)28)33-12-21(32)31-25(35)29-17-5-3-15(4-6-17)9-22-30-20-11-16(26)10-19(27)24(20)34-22/h3-8,10-11H,9,12H2,1-2H3,(H2,29,31,32,35). The fraction of sp³-hybridized carbons (Fsp3) is 0.160. The van der Waals surface area contributed by atoms with Gasteiger partial charge in [0.2, 0.25) is 0 Å². The first-order chi connectivity index (χ1) is 16.7. The molecular weight excluding hydrogens is 529 g/mol. The predicted octanol–water partition coefficient (Wildman–Crippen LogP) is 6.89. The number of thiocarbonyl (C=S) groups is 1. The minimum atomic E-state index is -0.376. The average Bonchev–Trinajstić information content (AvgIpc) is 3.20. The highest BCUT2D eigenvalue weighted by Crippen LogP contribution is 2.29. The minimum Gasteiger partial charge on any atom is -0.484 e. The molecule has 0 unspecified atom stereocenters. The van der Waals surface area contributed by atoms with Crippen LogP contribution in [0.15, 0.2) is 52.9 Å². The fourth-order valence-electron chi connectivity index (χ4n) is 3.43. The number of carbonyl (C=O) groups is 1. The molecule has 0 saturated carbocycles. The van der Waals surface area contributed by atoms with E-state index in [1.807, 2.05) is 38.1 Å². The summed E-state index contributed by atoms with van der Waals surface area (Å²) in [5.74, 6) is 0.719. The second kappa shape index (κ2) is 10.8. The fourth-order valence-corrected chi connectivity index (χ4v) is 4.29. The Hall–Kier alpha value is -2.84. The van der Waals surface area contributed by atoms with Gasteiger partial charge in [0, 0.05) is 22.2 Å². The molecule has 0 aliphatic heterocycles. The monoisotopic (exact) mass is 547 g/mol. The SMILES string of the molecule is Cc1cc(OCC(=O)NC(=S)Nc2ccc(Cc3nc4cc(Cl)cc(Cl)c4o3)cc2)cc(C)c1Cl. The number of aryl methyl sites for hydroxylation is 2. The molecule has 35 heavy (non-hydrogen) atoms. The molecule has 0 atom stereocenters. The quantitative estimate of drug-likeness (QED) is 0.256. The molecule has 0 aliphatic rings. The summed E-state index contributed by atoms with van der Waals surface area (Å²) < 4.78 is 11.3. The van der Waals surface area contributed by atoms with Gasteiger partial charge in [-0.1, -0.05) is 46.9 Å². The number of ether oxygens (including phenoxy) is 1. The molecule has 0 radical (unpaired) electrons. The summed E-state index contributed by atoms with van der Waals surface area (Å²) in [7, 11) is 0. The lowest BCUT2D eigenvalue weighted by molar-refractivity contribution is -0.121. The smallest absolute Gasteiger partial charge is 0.264 e. The van der Waals surface area contributed by atoms with Crippen molar-refractivity contribution in [3.63, 3.8) is 0 Å². The van der Waals surface area contributed by atoms with E-state index in [1.165, 1.54) is 0 Å². The molecule has 1 amide bonds. The lowest BCUT2D eigenvalue weighted by atomic mass is 10.1. The summed E-state index contributed by atoms with van der Waals surface area (Å²) in [5.41, 5.74) is 4.58. The molecule has 6 nitrogen and oxygen atoms in total. The van der Waals surface area contributed by atoms with E-state index in [-0.39, 0.29) is 17.6 Å². The summed E-state index contributed by atoms with van der Waals surface area (Å²) >= 11 is 23.6. The lowest BCUT2D eigenvalue weighted by Crippen LogP contribution is -2.37. The summed E-state index contributed by atoms with van der Waals surface area (Å²) in [4.78, 5) is 16.7. The first-order valence-corrected chi connectivity index (χ1v) is 12.1. The molecule has 10 heteroatoms. The van der Waals surface area contributed by atoms with E-state index in [4.69, 9.17) is 56.2 Å². The summed E-state index contributed by atoms with van der Waals surface area (Å²) in [5, 5.41) is 7.35. The molecule has 3 aromatic carbocycles. The van der Waals surface area contributed by atoms with Crippen LogP contribution in [0.2, 0.25) is 15.1 Å². The predicted molar refractivity (Wildman–Crippen MR) is 144 cm³/mol. The summed E-state index contributed by atoms with van der Waals surface area (Å²) in [6.07, 6.45) is 0.477. The molecule has 2 N–H and O–H groups in total. The largest absolute Gasteiger partial charge is 0.484 e. The third-order valence-electron chi connectivity index (χ3n) is 5.05. The zero-order chi connectivity index (χ0) is 25.1. The third kappa shape index (κ3) is 6.44. The van der Waals surface area contributed by atoms with Crippen LogP contribution in [0.5, 0.6) is 5.75 Å². The molecular formula is C25H20Cl3N3O3S. The van der Waals surface area contributed by atoms with Crippen LogP contribution in [0.4, 0.5) is 5.69 Å². The van der Waals surface area contributed by atoms with Crippen molar-refractivity contribution in [2.45, 2.75) is 20.3 Å². The van der Waals surface area contributed by atoms with Crippen molar-refractivity contribution in [2.75, 3.05) is 11.9 Å². The van der Waals surface area contributed by atoms with E-state index < -0.39 is 0 Å². The first-order valence-electron chi connectivity index (χ1n) is 10.5. The van der Waals surface area contributed by atoms with Crippen molar-refractivity contribution in [1.29, 1.82) is 0 Å². The van der Waals surface area contributed by atoms with Crippen molar-refractivity contribution in [3.8, 4) is 5.75 Å². The molecule has 180 valence electrons. The van der Waals surface area contributed by atoms with Crippen LogP contribution < -0.4 is 15.4 Å². The number of hydrogen-bond acceptors (Lipinski definition) is 5. The van der Waals surface area contributed by atoms with Crippen LogP contribution in [0.3, 0.4) is 0 Å². The maximum Gasteiger partial charge on any atom is 0.264 e. The molecule has 4 rings (SSSR count). The van der Waals surface area contributed by atoms with Crippen LogP contribution in [-0.4, -0.2) is 22.6 Å². The zero-order valence-electron chi connectivity index (χ0n) is 18.7. The second-order valence-electron chi connectivity index (χ2n) is 7.88. The second-order valence-corrected chi connectivity index (χ2v) is 9.51. The maximum atomic E-state index is 12.2. The topological polar surface area (TPSA) is 76.4 Å². The Balaban J connectivity index is 1.29. The number of amides is 1. The molecule has 0 spiro atoms. The van der Waals surface area contributed by atoms with Crippen LogP contribution in [-0.2, 0) is 11.2 Å². The Bertz CT molecular complexity index is 1400. The minimum absolute atomic E-state index is 0.167. The Morgan fingerprint density at radius 3 is 2.43 bits per heavy atom. The van der Waals surface area contributed by atoms with Gasteiger partial charge in [0.15, 0.2) is 23.2 Å². The van der Waals surface area contributed by atoms with Gasteiger partial charge in [0.25, 0.3) is 5.91 Å². The Morgan fingerprint density at radius 1 is 1.06 bits per heavy atom. The Kier molecular flexibility index (Phi) is 7.82. The maximum absolute atomic E-state index is 12.2. The number of benzene rings is 3. The van der Waals surface area contributed by atoms with Crippen molar-refractivity contribution in [3.05, 3.63) is 86.2 Å². The van der Waals surface area contributed by atoms with E-state index in [2.05, 4.69) is 15.6 Å². The van der Waals surface area contributed by atoms with Crippen LogP contribution in [0.25, 0.3) is 11.1 Å². The van der Waals surface area contributed by atoms with E-state index >= 15 is 0 Å². The molecule has 0 bridgehead atoms. The highest BCUT2D eigenvalue weighted by atomic mass is 35.5. The Labute approximate surface area is 222 Å². The van der Waals surface area contributed by atoms with E-state index in [0.29, 0.717) is 44.2 Å². The number of nitrogens with zero attached hydrogens (tertiary/aromatic N) is 1. The van der Waals surface area contributed by atoms with Gasteiger partial charge in [0.05, 0.1) is 5.02 Å². The van der Waals surface area contributed by atoms with Crippen molar-refractivity contribution >= 4 is 74.8 Å². The van der Waals surface area contributed by atoms with E-state index in [0.717, 1.165) is 22.4 Å². The van der Waals surface area contributed by atoms with Gasteiger partial charge in [-0.05, 0) is 79.2 Å². The van der Waals surface area contributed by atoms with Crippen molar-refractivity contribution in [2.24, 2.45) is 0 Å². The number of fused-ring (bicyclic) bond motifs is 1. The van der Waals surface area contributed by atoms with Gasteiger partial charge in [-0.3, -0.25) is 10.1 Å². The number of nitrogens with one attached hydrogen (secondary N) is 2. The molecule has 1 heterocycles. The van der Waals surface area contributed by atoms with Crippen LogP contribution in [0, 0.1) is 13.8 Å².